The maximum absolute atomic E-state index is 12.9. The maximum atomic E-state index is 12.9. The first kappa shape index (κ1) is 36.3. The van der Waals surface area contributed by atoms with Gasteiger partial charge in [-0.1, -0.05) is 24.3 Å². The topological polar surface area (TPSA) is 186 Å². The summed E-state index contributed by atoms with van der Waals surface area (Å²) in [5.41, 5.74) is 2.75. The SMILES string of the molecule is CCN(CCNS(C)(=O)=O)c1ccc(C(=C2C=CC(=[N+](CC)CCNS(C)(=O)=O)C=C2C(=O)O)c2coc3ccccc23)c(C(=O)O)c1. The Morgan fingerprint density at radius 2 is 1.56 bits per heavy atom. The predicted octanol–water partition coefficient (Wildman–Crippen LogP) is 2.91. The molecule has 48 heavy (non-hydrogen) atoms. The molecule has 1 heterocycles. The van der Waals surface area contributed by atoms with Gasteiger partial charge in [-0.3, -0.25) is 0 Å². The van der Waals surface area contributed by atoms with Gasteiger partial charge in [-0.15, -0.1) is 0 Å². The summed E-state index contributed by atoms with van der Waals surface area (Å²) in [4.78, 5) is 27.5. The molecule has 0 aliphatic heterocycles. The van der Waals surface area contributed by atoms with Crippen molar-refractivity contribution in [2.45, 2.75) is 13.8 Å². The second-order valence-electron chi connectivity index (χ2n) is 11.1. The number of allylic oxidation sites excluding steroid dienone is 3. The third-order valence-corrected chi connectivity index (χ3v) is 9.20. The number of rotatable bonds is 15. The fraction of sp³-hybridized carbons (Fsp3) is 0.303. The summed E-state index contributed by atoms with van der Waals surface area (Å²) in [5, 5.41) is 21.6. The Morgan fingerprint density at radius 1 is 0.875 bits per heavy atom. The van der Waals surface area contributed by atoms with E-state index in [0.29, 0.717) is 46.6 Å². The molecule has 0 unspecified atom stereocenters. The van der Waals surface area contributed by atoms with Crippen molar-refractivity contribution in [1.82, 2.24) is 9.44 Å². The van der Waals surface area contributed by atoms with Gasteiger partial charge in [0.15, 0.2) is 6.54 Å². The van der Waals surface area contributed by atoms with E-state index in [4.69, 9.17) is 4.42 Å². The minimum absolute atomic E-state index is 0.0928. The lowest BCUT2D eigenvalue weighted by Gasteiger charge is -2.25. The number of benzene rings is 2. The van der Waals surface area contributed by atoms with Crippen LogP contribution in [-0.4, -0.2) is 101 Å². The van der Waals surface area contributed by atoms with E-state index in [-0.39, 0.29) is 48.5 Å². The van der Waals surface area contributed by atoms with E-state index in [2.05, 4.69) is 9.44 Å². The molecule has 1 aliphatic carbocycles. The largest absolute Gasteiger partial charge is 0.478 e. The number of sulfonamides is 2. The number of carboxylic acid groups (broad SMARTS) is 2. The summed E-state index contributed by atoms with van der Waals surface area (Å²) in [6, 6.07) is 12.0. The van der Waals surface area contributed by atoms with Gasteiger partial charge < -0.3 is 19.5 Å². The number of aliphatic carboxylic acids is 1. The molecule has 4 rings (SSSR count). The van der Waals surface area contributed by atoms with E-state index >= 15 is 0 Å². The van der Waals surface area contributed by atoms with Gasteiger partial charge in [0.2, 0.25) is 25.8 Å². The van der Waals surface area contributed by atoms with Gasteiger partial charge in [0, 0.05) is 54.0 Å². The summed E-state index contributed by atoms with van der Waals surface area (Å²) in [7, 11) is -6.83. The van der Waals surface area contributed by atoms with Gasteiger partial charge in [0.25, 0.3) is 0 Å². The van der Waals surface area contributed by atoms with Crippen LogP contribution in [0.1, 0.15) is 35.3 Å². The summed E-state index contributed by atoms with van der Waals surface area (Å²) in [6.45, 7) is 5.44. The van der Waals surface area contributed by atoms with Crippen LogP contribution < -0.4 is 14.3 Å². The molecule has 0 spiro atoms. The third kappa shape index (κ3) is 8.86. The van der Waals surface area contributed by atoms with E-state index in [1.165, 1.54) is 18.4 Å². The molecule has 0 saturated carbocycles. The fourth-order valence-corrected chi connectivity index (χ4v) is 6.45. The highest BCUT2D eigenvalue weighted by molar-refractivity contribution is 7.89. The number of likely N-dealkylation sites (N-methyl/N-ethyl adjacent to an activating group) is 2. The van der Waals surface area contributed by atoms with Gasteiger partial charge in [0.05, 0.1) is 36.5 Å². The van der Waals surface area contributed by atoms with Crippen molar-refractivity contribution in [1.29, 1.82) is 0 Å². The van der Waals surface area contributed by atoms with Crippen LogP contribution in [0.25, 0.3) is 16.5 Å². The fourth-order valence-electron chi connectivity index (χ4n) is 5.53. The number of anilines is 1. The second-order valence-corrected chi connectivity index (χ2v) is 14.7. The Bertz CT molecular complexity index is 2080. The van der Waals surface area contributed by atoms with Crippen LogP contribution in [0.15, 0.2) is 82.5 Å². The van der Waals surface area contributed by atoms with E-state index in [0.717, 1.165) is 12.5 Å². The van der Waals surface area contributed by atoms with Crippen LogP contribution in [0, 0.1) is 0 Å². The van der Waals surface area contributed by atoms with Crippen molar-refractivity contribution in [3.05, 3.63) is 94.8 Å². The normalized spacial score (nSPS) is 15.7. The average molecular weight is 700 g/mol. The van der Waals surface area contributed by atoms with Crippen LogP contribution in [0.4, 0.5) is 5.69 Å². The molecule has 0 atom stereocenters. The Kier molecular flexibility index (Phi) is 11.4. The van der Waals surface area contributed by atoms with Crippen LogP contribution in [0.2, 0.25) is 0 Å². The summed E-state index contributed by atoms with van der Waals surface area (Å²) < 4.78 is 58.9. The monoisotopic (exact) mass is 699 g/mol. The lowest BCUT2D eigenvalue weighted by atomic mass is 9.84. The number of carboxylic acids is 2. The first-order chi connectivity index (χ1) is 22.6. The maximum Gasteiger partial charge on any atom is 0.336 e. The molecule has 4 N–H and O–H groups in total. The molecule has 0 radical (unpaired) electrons. The number of aromatic carboxylic acids is 1. The Morgan fingerprint density at radius 3 is 2.19 bits per heavy atom. The molecule has 0 saturated heterocycles. The van der Waals surface area contributed by atoms with Gasteiger partial charge in [-0.25, -0.2) is 40.4 Å². The molecule has 13 nitrogen and oxygen atoms in total. The lowest BCUT2D eigenvalue weighted by Crippen LogP contribution is -2.34. The molecular formula is C33H39N4O9S2+. The predicted molar refractivity (Wildman–Crippen MR) is 185 cm³/mol. The number of hydrogen-bond donors (Lipinski definition) is 4. The molecule has 256 valence electrons. The zero-order valence-corrected chi connectivity index (χ0v) is 28.7. The molecule has 1 aliphatic rings. The van der Waals surface area contributed by atoms with E-state index in [1.54, 1.807) is 48.6 Å². The molecular weight excluding hydrogens is 661 g/mol. The molecule has 0 fully saturated rings. The number of para-hydroxylation sites is 1. The zero-order chi connectivity index (χ0) is 35.2. The van der Waals surface area contributed by atoms with E-state index < -0.39 is 32.0 Å². The van der Waals surface area contributed by atoms with Gasteiger partial charge >= 0.3 is 11.9 Å². The minimum Gasteiger partial charge on any atom is -0.478 e. The molecule has 1 aromatic heterocycles. The molecule has 3 aromatic rings. The smallest absolute Gasteiger partial charge is 0.336 e. The Balaban J connectivity index is 1.93. The summed E-state index contributed by atoms with van der Waals surface area (Å²) >= 11 is 0. The van der Waals surface area contributed by atoms with Crippen molar-refractivity contribution >= 4 is 59.9 Å². The molecule has 15 heteroatoms. The highest BCUT2D eigenvalue weighted by Gasteiger charge is 2.29. The summed E-state index contributed by atoms with van der Waals surface area (Å²) in [5.74, 6) is -2.49. The number of carbonyl (C=O) groups is 2. The third-order valence-electron chi connectivity index (χ3n) is 7.74. The Labute approximate surface area is 279 Å². The number of furan rings is 1. The zero-order valence-electron chi connectivity index (χ0n) is 27.1. The molecule has 0 bridgehead atoms. The van der Waals surface area contributed by atoms with E-state index in [9.17, 15) is 36.6 Å². The lowest BCUT2D eigenvalue weighted by molar-refractivity contribution is -0.520. The summed E-state index contributed by atoms with van der Waals surface area (Å²) in [6.07, 6.45) is 8.43. The Hall–Kier alpha value is -4.57. The van der Waals surface area contributed by atoms with Crippen LogP contribution >= 0.6 is 0 Å². The van der Waals surface area contributed by atoms with Crippen LogP contribution in [0.5, 0.6) is 0 Å². The first-order valence-corrected chi connectivity index (χ1v) is 18.9. The minimum atomic E-state index is -3.42. The van der Waals surface area contributed by atoms with Crippen molar-refractivity contribution in [2.75, 3.05) is 56.7 Å². The molecule has 2 aromatic carbocycles. The molecule has 0 amide bonds. The first-order valence-electron chi connectivity index (χ1n) is 15.1. The number of hydrogen-bond acceptors (Lipinski definition) is 8. The number of nitrogens with one attached hydrogen (secondary N) is 2. The van der Waals surface area contributed by atoms with Crippen LogP contribution in [0.3, 0.4) is 0 Å². The average Bonchev–Trinajstić information content (AvgIpc) is 3.44. The van der Waals surface area contributed by atoms with Gasteiger partial charge in [-0.2, -0.15) is 0 Å². The van der Waals surface area contributed by atoms with Crippen molar-refractivity contribution in [2.24, 2.45) is 0 Å². The quantitative estimate of drug-likeness (QED) is 0.172. The van der Waals surface area contributed by atoms with Gasteiger partial charge in [-0.05, 0) is 49.3 Å². The number of fused-ring (bicyclic) bond motifs is 1. The van der Waals surface area contributed by atoms with Crippen molar-refractivity contribution in [3.8, 4) is 0 Å². The standard InChI is InChI=1S/C33H38N4O9S2/c1-5-36(17-15-34-47(3,42)43)22-11-13-25(27(19-22)32(38)39)31(29-21-46-30-10-8-7-9-24(29)30)26-14-12-23(20-28(26)33(40)41)37(6-2)18-16-35-48(4,44)45/h7-14,19-21,34-35H,5-6,15-18H2,1-4H3,(H-,38,39,40,41)/p+1. The second kappa shape index (κ2) is 15.1. The number of nitrogens with zero attached hydrogens (tertiary/aromatic N) is 2. The van der Waals surface area contributed by atoms with Gasteiger partial charge in [0.1, 0.15) is 12.1 Å². The highest BCUT2D eigenvalue weighted by Crippen LogP contribution is 2.40. The van der Waals surface area contributed by atoms with Crippen LogP contribution in [-0.2, 0) is 24.8 Å². The van der Waals surface area contributed by atoms with Crippen molar-refractivity contribution < 1.29 is 45.6 Å². The highest BCUT2D eigenvalue weighted by atomic mass is 32.2. The van der Waals surface area contributed by atoms with E-state index in [1.807, 2.05) is 23.3 Å². The van der Waals surface area contributed by atoms with Crippen molar-refractivity contribution in [3.63, 3.8) is 0 Å².